The van der Waals surface area contributed by atoms with Gasteiger partial charge in [0.1, 0.15) is 5.82 Å². The monoisotopic (exact) mass is 729 g/mol. The van der Waals surface area contributed by atoms with Crippen molar-refractivity contribution >= 4 is 27.3 Å². The zero-order valence-corrected chi connectivity index (χ0v) is 26.4. The molecule has 0 aliphatic heterocycles. The topological polar surface area (TPSA) is 50.2 Å². The molecule has 2 aliphatic carbocycles. The van der Waals surface area contributed by atoms with Gasteiger partial charge in [-0.25, -0.2) is 4.39 Å². The van der Waals surface area contributed by atoms with E-state index in [0.29, 0.717) is 16.8 Å². The average Bonchev–Trinajstić information content (AvgIpc) is 2.97. The molecule has 0 atom stereocenters. The van der Waals surface area contributed by atoms with Gasteiger partial charge in [-0.3, -0.25) is 4.79 Å². The molecule has 1 radical (unpaired) electrons. The number of carbonyl (C=O) groups excluding carboxylic acids is 1. The van der Waals surface area contributed by atoms with Gasteiger partial charge in [0, 0.05) is 49.6 Å². The Hall–Kier alpha value is -2.88. The van der Waals surface area contributed by atoms with Crippen LogP contribution in [-0.2, 0) is 24.9 Å². The third-order valence-corrected chi connectivity index (χ3v) is 8.45. The smallest absolute Gasteiger partial charge is 0.162 e. The second kappa shape index (κ2) is 14.3. The summed E-state index contributed by atoms with van der Waals surface area (Å²) < 4.78 is 14.8. The summed E-state index contributed by atoms with van der Waals surface area (Å²) in [5.41, 5.74) is 3.64. The van der Waals surface area contributed by atoms with Crippen molar-refractivity contribution in [2.45, 2.75) is 78.1 Å². The van der Waals surface area contributed by atoms with Crippen LogP contribution in [-0.4, -0.2) is 15.9 Å². The minimum atomic E-state index is -0.241. The molecule has 2 aliphatic rings. The maximum absolute atomic E-state index is 14.8. The van der Waals surface area contributed by atoms with E-state index in [4.69, 9.17) is 0 Å². The van der Waals surface area contributed by atoms with E-state index in [-0.39, 0.29) is 43.5 Å². The van der Waals surface area contributed by atoms with E-state index in [1.54, 1.807) is 18.3 Å². The Morgan fingerprint density at radius 2 is 1.56 bits per heavy atom. The van der Waals surface area contributed by atoms with Crippen molar-refractivity contribution in [1.82, 2.24) is 4.98 Å². The molecule has 1 N–H and O–H groups in total. The van der Waals surface area contributed by atoms with Crippen LogP contribution in [0.1, 0.15) is 75.3 Å². The molecule has 4 aromatic rings. The summed E-state index contributed by atoms with van der Waals surface area (Å²) in [6, 6.07) is 18.7. The van der Waals surface area contributed by atoms with E-state index in [0.717, 1.165) is 58.5 Å². The number of ketones is 1. The van der Waals surface area contributed by atoms with Gasteiger partial charge in [0.25, 0.3) is 0 Å². The predicted octanol–water partition coefficient (Wildman–Crippen LogP) is 9.77. The molecular weight excluding hydrogens is 690 g/mol. The van der Waals surface area contributed by atoms with Gasteiger partial charge < -0.3 is 10.1 Å². The number of aromatic nitrogens is 1. The Bertz CT molecular complexity index is 1510. The van der Waals surface area contributed by atoms with Crippen molar-refractivity contribution in [3.8, 4) is 11.3 Å². The van der Waals surface area contributed by atoms with Gasteiger partial charge >= 0.3 is 0 Å². The molecule has 0 amide bonds. The molecular formula is C36H39FIrNO2-. The van der Waals surface area contributed by atoms with Gasteiger partial charge in [0.2, 0.25) is 0 Å². The summed E-state index contributed by atoms with van der Waals surface area (Å²) in [6.07, 6.45) is 14.7. The van der Waals surface area contributed by atoms with Crippen molar-refractivity contribution in [3.05, 3.63) is 89.6 Å². The number of allylic oxidation sites excluding steroid dienone is 2. The van der Waals surface area contributed by atoms with Crippen LogP contribution in [0.15, 0.2) is 66.6 Å². The quantitative estimate of drug-likeness (QED) is 0.0986. The molecule has 3 aromatic carbocycles. The molecule has 41 heavy (non-hydrogen) atoms. The Kier molecular flexibility index (Phi) is 10.9. The zero-order valence-electron chi connectivity index (χ0n) is 24.0. The minimum Gasteiger partial charge on any atom is -0.512 e. The van der Waals surface area contributed by atoms with Crippen molar-refractivity contribution in [1.29, 1.82) is 0 Å². The number of aliphatic hydroxyl groups is 1. The van der Waals surface area contributed by atoms with Gasteiger partial charge in [-0.1, -0.05) is 76.6 Å². The van der Waals surface area contributed by atoms with E-state index in [1.807, 2.05) is 50.2 Å². The number of hydrogen-bond acceptors (Lipinski definition) is 3. The number of aryl methyl sites for hydroxylation is 2. The molecule has 3 nitrogen and oxygen atoms in total. The van der Waals surface area contributed by atoms with Crippen molar-refractivity contribution in [2.24, 2.45) is 11.8 Å². The summed E-state index contributed by atoms with van der Waals surface area (Å²) >= 11 is 0. The normalized spacial score (nSPS) is 16.6. The second-order valence-corrected chi connectivity index (χ2v) is 11.6. The molecule has 0 saturated heterocycles. The van der Waals surface area contributed by atoms with Gasteiger partial charge in [0.15, 0.2) is 5.78 Å². The predicted molar refractivity (Wildman–Crippen MR) is 162 cm³/mol. The molecule has 0 spiro atoms. The van der Waals surface area contributed by atoms with Crippen LogP contribution in [0, 0.1) is 37.6 Å². The first-order valence-electron chi connectivity index (χ1n) is 14.8. The van der Waals surface area contributed by atoms with E-state index < -0.39 is 0 Å². The van der Waals surface area contributed by atoms with Crippen LogP contribution >= 0.6 is 0 Å². The molecule has 5 heteroatoms. The molecule has 1 heterocycles. The zero-order chi connectivity index (χ0) is 28.1. The second-order valence-electron chi connectivity index (χ2n) is 11.6. The SMILES string of the molecule is Cc1[c-]c(-c2nccc3c2c(F)cc2ccccc23)cc(C)c1.O=C(/C=C(\O)C1CCCCC1)C1CCCCC1.[Ir]. The Morgan fingerprint density at radius 3 is 2.24 bits per heavy atom. The van der Waals surface area contributed by atoms with E-state index in [2.05, 4.69) is 17.1 Å². The maximum atomic E-state index is 14.8. The summed E-state index contributed by atoms with van der Waals surface area (Å²) in [4.78, 5) is 16.5. The van der Waals surface area contributed by atoms with Gasteiger partial charge in [-0.05, 0) is 59.7 Å². The third-order valence-electron chi connectivity index (χ3n) is 8.45. The Balaban J connectivity index is 0.000000193. The average molecular weight is 729 g/mol. The Morgan fingerprint density at radius 1 is 0.902 bits per heavy atom. The molecule has 6 rings (SSSR count). The first-order chi connectivity index (χ1) is 19.4. The van der Waals surface area contributed by atoms with Gasteiger partial charge in [0.05, 0.1) is 5.76 Å². The van der Waals surface area contributed by atoms with Crippen LogP contribution in [0.4, 0.5) is 4.39 Å². The van der Waals surface area contributed by atoms with Crippen molar-refractivity contribution in [2.75, 3.05) is 0 Å². The largest absolute Gasteiger partial charge is 0.512 e. The summed E-state index contributed by atoms with van der Waals surface area (Å²) in [5, 5.41) is 13.4. The fourth-order valence-electron chi connectivity index (χ4n) is 6.40. The van der Waals surface area contributed by atoms with Crippen molar-refractivity contribution < 1.29 is 34.4 Å². The number of pyridine rings is 1. The fourth-order valence-corrected chi connectivity index (χ4v) is 6.40. The van der Waals surface area contributed by atoms with Crippen LogP contribution in [0.5, 0.6) is 0 Å². The van der Waals surface area contributed by atoms with Crippen LogP contribution in [0.3, 0.4) is 0 Å². The number of fused-ring (bicyclic) bond motifs is 3. The van der Waals surface area contributed by atoms with Gasteiger partial charge in [-0.2, -0.15) is 0 Å². The van der Waals surface area contributed by atoms with E-state index >= 15 is 0 Å². The van der Waals surface area contributed by atoms with E-state index in [9.17, 15) is 14.3 Å². The molecule has 1 aromatic heterocycles. The number of rotatable bonds is 4. The third kappa shape index (κ3) is 7.50. The minimum absolute atomic E-state index is 0. The number of aliphatic hydroxyl groups excluding tert-OH is 1. The van der Waals surface area contributed by atoms with Crippen LogP contribution in [0.2, 0.25) is 0 Å². The number of carbonyl (C=O) groups is 1. The van der Waals surface area contributed by atoms with Crippen LogP contribution in [0.25, 0.3) is 32.8 Å². The van der Waals surface area contributed by atoms with Crippen LogP contribution < -0.4 is 0 Å². The molecule has 0 bridgehead atoms. The first kappa shape index (κ1) is 31.1. The summed E-state index contributed by atoms with van der Waals surface area (Å²) in [5.74, 6) is 0.744. The molecule has 2 fully saturated rings. The van der Waals surface area contributed by atoms with Crippen molar-refractivity contribution in [3.63, 3.8) is 0 Å². The number of benzene rings is 3. The summed E-state index contributed by atoms with van der Waals surface area (Å²) in [6.45, 7) is 4.02. The fraction of sp³-hybridized carbons (Fsp3) is 0.389. The standard InChI is InChI=1S/C21H15FN.C15H24O2.Ir/c1-13-9-14(2)11-16(10-13)21-20-18(7-8-23-21)17-6-4-3-5-15(17)12-19(20)22;16-14(12-7-3-1-4-8-12)11-15(17)13-9-5-2-6-10-13;/h3-10,12H,1-2H3;11-13,16H,1-10H2;/q-1;;/b;14-11-;. The maximum Gasteiger partial charge on any atom is 0.162 e. The molecule has 2 saturated carbocycles. The number of hydrogen-bond donors (Lipinski definition) is 1. The molecule has 217 valence electrons. The number of nitrogens with zero attached hydrogens (tertiary/aromatic N) is 1. The Labute approximate surface area is 256 Å². The van der Waals surface area contributed by atoms with Gasteiger partial charge in [-0.15, -0.1) is 34.9 Å². The number of halogens is 1. The molecule has 0 unspecified atom stereocenters. The first-order valence-corrected chi connectivity index (χ1v) is 14.8. The summed E-state index contributed by atoms with van der Waals surface area (Å²) in [7, 11) is 0. The van der Waals surface area contributed by atoms with E-state index in [1.165, 1.54) is 38.5 Å².